The maximum Gasteiger partial charge on any atom is 0.156 e. The number of hydrogen-bond donors (Lipinski definition) is 3. The van der Waals surface area contributed by atoms with Gasteiger partial charge in [0.15, 0.2) is 6.29 Å². The first-order chi connectivity index (χ1) is 5.44. The first-order valence-corrected chi connectivity index (χ1v) is 4.05. The number of aliphatic hydroxyl groups is 3. The second kappa shape index (κ2) is 4.77. The van der Waals surface area contributed by atoms with Gasteiger partial charge in [-0.15, -0.1) is 0 Å². The molecule has 0 aromatic heterocycles. The number of aliphatic hydroxyl groups excluding tert-OH is 2. The molecule has 0 aromatic carbocycles. The van der Waals surface area contributed by atoms with E-state index in [-0.39, 0.29) is 6.42 Å². The van der Waals surface area contributed by atoms with Crippen LogP contribution in [0.5, 0.6) is 0 Å². The van der Waals surface area contributed by atoms with E-state index in [2.05, 4.69) is 4.74 Å². The molecule has 0 bridgehead atoms. The van der Waals surface area contributed by atoms with Gasteiger partial charge in [-0.25, -0.2) is 0 Å². The van der Waals surface area contributed by atoms with E-state index in [0.717, 1.165) is 0 Å². The second-order valence-electron chi connectivity index (χ2n) is 3.18. The van der Waals surface area contributed by atoms with Crippen LogP contribution in [0.1, 0.15) is 26.7 Å². The van der Waals surface area contributed by atoms with E-state index < -0.39 is 18.0 Å². The van der Waals surface area contributed by atoms with Gasteiger partial charge in [-0.2, -0.15) is 0 Å². The molecule has 0 saturated carbocycles. The fraction of sp³-hybridized carbons (Fsp3) is 1.00. The molecule has 4 heteroatoms. The highest BCUT2D eigenvalue weighted by Crippen LogP contribution is 2.19. The Morgan fingerprint density at radius 1 is 1.42 bits per heavy atom. The molecule has 0 fully saturated rings. The van der Waals surface area contributed by atoms with Gasteiger partial charge in [0, 0.05) is 13.5 Å². The van der Waals surface area contributed by atoms with Crippen molar-refractivity contribution < 1.29 is 20.1 Å². The minimum Gasteiger partial charge on any atom is -0.390 e. The minimum atomic E-state index is -1.29. The third-order valence-corrected chi connectivity index (χ3v) is 1.96. The Morgan fingerprint density at radius 3 is 2.25 bits per heavy atom. The van der Waals surface area contributed by atoms with Crippen molar-refractivity contribution in [3.63, 3.8) is 0 Å². The molecule has 0 aliphatic heterocycles. The molecule has 1 unspecified atom stereocenters. The molecule has 0 spiro atoms. The normalized spacial score (nSPS) is 21.5. The van der Waals surface area contributed by atoms with E-state index in [9.17, 15) is 10.2 Å². The van der Waals surface area contributed by atoms with Crippen LogP contribution in [0.15, 0.2) is 0 Å². The summed E-state index contributed by atoms with van der Waals surface area (Å²) in [6, 6.07) is 0. The summed E-state index contributed by atoms with van der Waals surface area (Å²) in [5.41, 5.74) is -1.29. The predicted octanol–water partition coefficient (Wildman–Crippen LogP) is -0.137. The molecule has 3 atom stereocenters. The molecule has 4 nitrogen and oxygen atoms in total. The number of rotatable bonds is 5. The average Bonchev–Trinajstić information content (AvgIpc) is 2.02. The van der Waals surface area contributed by atoms with Crippen molar-refractivity contribution in [3.8, 4) is 0 Å². The monoisotopic (exact) mass is 178 g/mol. The first-order valence-electron chi connectivity index (χ1n) is 4.05. The maximum atomic E-state index is 9.59. The SMILES string of the molecule is CC[C@H](O)C(C)(O)C[C@H](O)OC. The van der Waals surface area contributed by atoms with Gasteiger partial charge in [-0.1, -0.05) is 6.92 Å². The van der Waals surface area contributed by atoms with Gasteiger partial charge in [0.2, 0.25) is 0 Å². The van der Waals surface area contributed by atoms with Crippen LogP contribution in [0.2, 0.25) is 0 Å². The maximum absolute atomic E-state index is 9.59. The Balaban J connectivity index is 4.02. The lowest BCUT2D eigenvalue weighted by Crippen LogP contribution is -2.42. The van der Waals surface area contributed by atoms with Crippen molar-refractivity contribution in [2.45, 2.75) is 44.7 Å². The molecule has 0 rings (SSSR count). The lowest BCUT2D eigenvalue weighted by Gasteiger charge is -2.29. The predicted molar refractivity (Wildman–Crippen MR) is 44.6 cm³/mol. The van der Waals surface area contributed by atoms with Crippen molar-refractivity contribution >= 4 is 0 Å². The average molecular weight is 178 g/mol. The number of hydrogen-bond acceptors (Lipinski definition) is 4. The largest absolute Gasteiger partial charge is 0.390 e. The molecule has 0 aromatic rings. The van der Waals surface area contributed by atoms with Gasteiger partial charge in [0.1, 0.15) is 0 Å². The Labute approximate surface area is 72.8 Å². The molecule has 0 aliphatic rings. The van der Waals surface area contributed by atoms with Crippen LogP contribution in [0.4, 0.5) is 0 Å². The summed E-state index contributed by atoms with van der Waals surface area (Å²) in [5, 5.41) is 28.0. The summed E-state index contributed by atoms with van der Waals surface area (Å²) in [5.74, 6) is 0. The fourth-order valence-corrected chi connectivity index (χ4v) is 1.01. The van der Waals surface area contributed by atoms with Crippen LogP contribution in [-0.4, -0.2) is 40.4 Å². The van der Waals surface area contributed by atoms with E-state index in [4.69, 9.17) is 5.11 Å². The highest BCUT2D eigenvalue weighted by Gasteiger charge is 2.31. The van der Waals surface area contributed by atoms with Crippen LogP contribution in [0, 0.1) is 0 Å². The number of ether oxygens (including phenoxy) is 1. The lowest BCUT2D eigenvalue weighted by atomic mass is 9.93. The van der Waals surface area contributed by atoms with Crippen molar-refractivity contribution in [2.75, 3.05) is 7.11 Å². The molecule has 12 heavy (non-hydrogen) atoms. The Morgan fingerprint density at radius 2 is 1.92 bits per heavy atom. The Hall–Kier alpha value is -0.160. The molecule has 0 amide bonds. The van der Waals surface area contributed by atoms with Crippen molar-refractivity contribution in [1.82, 2.24) is 0 Å². The van der Waals surface area contributed by atoms with E-state index in [1.165, 1.54) is 14.0 Å². The summed E-state index contributed by atoms with van der Waals surface area (Å²) in [6.45, 7) is 3.24. The summed E-state index contributed by atoms with van der Waals surface area (Å²) in [4.78, 5) is 0. The highest BCUT2D eigenvalue weighted by atomic mass is 16.6. The molecule has 0 radical (unpaired) electrons. The van der Waals surface area contributed by atoms with Crippen molar-refractivity contribution in [3.05, 3.63) is 0 Å². The van der Waals surface area contributed by atoms with E-state index in [1.54, 1.807) is 6.92 Å². The topological polar surface area (TPSA) is 69.9 Å². The molecular weight excluding hydrogens is 160 g/mol. The Bertz CT molecular complexity index is 124. The van der Waals surface area contributed by atoms with Crippen LogP contribution >= 0.6 is 0 Å². The zero-order valence-electron chi connectivity index (χ0n) is 7.82. The van der Waals surface area contributed by atoms with E-state index in [0.29, 0.717) is 6.42 Å². The smallest absolute Gasteiger partial charge is 0.156 e. The summed E-state index contributed by atoms with van der Waals surface area (Å²) < 4.78 is 4.57. The van der Waals surface area contributed by atoms with Crippen LogP contribution in [0.3, 0.4) is 0 Å². The molecule has 0 aliphatic carbocycles. The summed E-state index contributed by atoms with van der Waals surface area (Å²) >= 11 is 0. The van der Waals surface area contributed by atoms with Gasteiger partial charge in [0.05, 0.1) is 11.7 Å². The van der Waals surface area contributed by atoms with Gasteiger partial charge in [-0.05, 0) is 13.3 Å². The van der Waals surface area contributed by atoms with Gasteiger partial charge >= 0.3 is 0 Å². The third kappa shape index (κ3) is 3.49. The summed E-state index contributed by atoms with van der Waals surface area (Å²) in [7, 11) is 1.35. The van der Waals surface area contributed by atoms with Gasteiger partial charge < -0.3 is 20.1 Å². The molecule has 3 N–H and O–H groups in total. The van der Waals surface area contributed by atoms with Crippen LogP contribution < -0.4 is 0 Å². The molecule has 0 saturated heterocycles. The highest BCUT2D eigenvalue weighted by molar-refractivity contribution is 4.81. The van der Waals surface area contributed by atoms with Gasteiger partial charge in [-0.3, -0.25) is 0 Å². The van der Waals surface area contributed by atoms with Crippen LogP contribution in [0.25, 0.3) is 0 Å². The van der Waals surface area contributed by atoms with Gasteiger partial charge in [0.25, 0.3) is 0 Å². The van der Waals surface area contributed by atoms with Crippen molar-refractivity contribution in [1.29, 1.82) is 0 Å². The Kier molecular flexibility index (Phi) is 4.70. The van der Waals surface area contributed by atoms with Crippen LogP contribution in [-0.2, 0) is 4.74 Å². The molecule has 74 valence electrons. The van der Waals surface area contributed by atoms with Crippen molar-refractivity contribution in [2.24, 2.45) is 0 Å². The fourth-order valence-electron chi connectivity index (χ4n) is 1.01. The third-order valence-electron chi connectivity index (χ3n) is 1.96. The number of methoxy groups -OCH3 is 1. The lowest BCUT2D eigenvalue weighted by molar-refractivity contribution is -0.150. The van der Waals surface area contributed by atoms with E-state index in [1.807, 2.05) is 0 Å². The zero-order chi connectivity index (χ0) is 9.78. The summed E-state index contributed by atoms with van der Waals surface area (Å²) in [6.07, 6.45) is -1.40. The molecular formula is C8H18O4. The minimum absolute atomic E-state index is 0.0124. The second-order valence-corrected chi connectivity index (χ2v) is 3.18. The first kappa shape index (κ1) is 11.8. The zero-order valence-corrected chi connectivity index (χ0v) is 7.82. The standard InChI is InChI=1S/C8H18O4/c1-4-6(9)8(2,11)5-7(10)12-3/h6-7,9-11H,4-5H2,1-3H3/t6-,7+,8?/m0/s1. The quantitative estimate of drug-likeness (QED) is 0.513. The molecule has 0 heterocycles. The van der Waals surface area contributed by atoms with E-state index >= 15 is 0 Å².